The van der Waals surface area contributed by atoms with Crippen LogP contribution < -0.4 is 17.7 Å². The maximum absolute atomic E-state index is 12.0. The molecule has 1 aromatic heterocycles. The first-order valence-electron chi connectivity index (χ1n) is 5.54. The zero-order valence-corrected chi connectivity index (χ0v) is 11.1. The van der Waals surface area contributed by atoms with Crippen LogP contribution in [0.15, 0.2) is 42.7 Å². The molecule has 0 spiro atoms. The van der Waals surface area contributed by atoms with Crippen LogP contribution in [0, 0.1) is 13.8 Å². The number of carbonyl (C=O) groups is 1. The second-order valence-corrected chi connectivity index (χ2v) is 4.03. The molecule has 2 rings (SSSR count). The summed E-state index contributed by atoms with van der Waals surface area (Å²) in [6, 6.07) is 9.42. The van der Waals surface area contributed by atoms with Crippen LogP contribution in [0.1, 0.15) is 21.5 Å². The van der Waals surface area contributed by atoms with E-state index in [1.54, 1.807) is 29.8 Å². The molecule has 0 saturated heterocycles. The van der Waals surface area contributed by atoms with Crippen molar-refractivity contribution in [3.8, 4) is 0 Å². The van der Waals surface area contributed by atoms with Gasteiger partial charge in [-0.25, -0.2) is 10.1 Å². The maximum Gasteiger partial charge on any atom is 0.347 e. The van der Waals surface area contributed by atoms with Crippen LogP contribution in [0.3, 0.4) is 0 Å². The van der Waals surface area contributed by atoms with Gasteiger partial charge in [-0.2, -0.15) is 0 Å². The van der Waals surface area contributed by atoms with E-state index in [-0.39, 0.29) is 18.3 Å². The first kappa shape index (κ1) is 14.4. The molecule has 0 unspecified atom stereocenters. The van der Waals surface area contributed by atoms with E-state index in [1.165, 1.54) is 5.56 Å². The Morgan fingerprint density at radius 1 is 1.11 bits per heavy atom. The van der Waals surface area contributed by atoms with Crippen LogP contribution in [0.2, 0.25) is 0 Å². The Labute approximate surface area is 113 Å². The molecule has 1 heterocycles. The highest BCUT2D eigenvalue weighted by Gasteiger charge is 2.13. The number of halogens is 1. The molecular formula is C14H15ClN2O. The van der Waals surface area contributed by atoms with Crippen molar-refractivity contribution in [2.75, 3.05) is 0 Å². The Morgan fingerprint density at radius 2 is 1.78 bits per heavy atom. The summed E-state index contributed by atoms with van der Waals surface area (Å²) in [4.78, 5) is 15.9. The van der Waals surface area contributed by atoms with E-state index in [0.29, 0.717) is 5.56 Å². The molecule has 94 valence electrons. The molecule has 0 fully saturated rings. The highest BCUT2D eigenvalue weighted by Crippen LogP contribution is 2.13. The minimum Gasteiger partial charge on any atom is -1.00 e. The number of nitrogens with two attached hydrogens (primary N) is 1. The predicted octanol–water partition coefficient (Wildman–Crippen LogP) is -1.26. The second-order valence-electron chi connectivity index (χ2n) is 4.03. The number of benzene rings is 1. The Morgan fingerprint density at radius 3 is 2.44 bits per heavy atom. The summed E-state index contributed by atoms with van der Waals surface area (Å²) in [6.45, 7) is 4.07. The van der Waals surface area contributed by atoms with Gasteiger partial charge in [0, 0.05) is 18.0 Å². The molecule has 0 atom stereocenters. The van der Waals surface area contributed by atoms with Crippen molar-refractivity contribution < 1.29 is 22.5 Å². The van der Waals surface area contributed by atoms with Gasteiger partial charge in [0.05, 0.1) is 5.56 Å². The normalized spacial score (nSPS) is 9.67. The Balaban J connectivity index is 0.00000162. The Hall–Kier alpha value is -1.71. The average Bonchev–Trinajstić information content (AvgIpc) is 2.36. The van der Waals surface area contributed by atoms with E-state index in [0.717, 1.165) is 11.3 Å². The van der Waals surface area contributed by atoms with Crippen molar-refractivity contribution >= 4 is 11.6 Å². The van der Waals surface area contributed by atoms with E-state index in [2.05, 4.69) is 4.98 Å². The molecule has 1 amide bonds. The van der Waals surface area contributed by atoms with Crippen molar-refractivity contribution in [3.63, 3.8) is 0 Å². The van der Waals surface area contributed by atoms with Gasteiger partial charge in [0.15, 0.2) is 0 Å². The fourth-order valence-electron chi connectivity index (χ4n) is 1.67. The van der Waals surface area contributed by atoms with Crippen molar-refractivity contribution in [1.82, 2.24) is 4.98 Å². The summed E-state index contributed by atoms with van der Waals surface area (Å²) < 4.78 is 0. The first-order chi connectivity index (χ1) is 8.18. The zero-order chi connectivity index (χ0) is 12.3. The van der Waals surface area contributed by atoms with Crippen molar-refractivity contribution in [2.24, 2.45) is 0 Å². The first-order valence-corrected chi connectivity index (χ1v) is 5.54. The summed E-state index contributed by atoms with van der Waals surface area (Å²) in [6.07, 6.45) is 3.26. The molecule has 0 radical (unpaired) electrons. The van der Waals surface area contributed by atoms with E-state index in [9.17, 15) is 4.79 Å². The third-order valence-electron chi connectivity index (χ3n) is 2.90. The van der Waals surface area contributed by atoms with E-state index in [1.807, 2.05) is 32.0 Å². The number of nitrogens with zero attached hydrogens (tertiary/aromatic N) is 1. The van der Waals surface area contributed by atoms with Gasteiger partial charge in [-0.15, -0.1) is 0 Å². The molecule has 3 nitrogen and oxygen atoms in total. The molecule has 0 saturated carbocycles. The largest absolute Gasteiger partial charge is 1.00 e. The molecule has 1 aromatic carbocycles. The molecule has 0 aliphatic heterocycles. The number of aromatic nitrogens is 1. The zero-order valence-electron chi connectivity index (χ0n) is 10.4. The average molecular weight is 263 g/mol. The SMILES string of the molecule is Cc1cccc([NH2+]C(=O)c2ccncc2)c1C.[Cl-]. The highest BCUT2D eigenvalue weighted by atomic mass is 35.5. The highest BCUT2D eigenvalue weighted by molar-refractivity contribution is 5.87. The molecule has 2 N–H and O–H groups in total. The molecule has 2 aromatic rings. The number of aryl methyl sites for hydroxylation is 1. The molecule has 18 heavy (non-hydrogen) atoms. The topological polar surface area (TPSA) is 46.6 Å². The number of rotatable bonds is 2. The van der Waals surface area contributed by atoms with E-state index < -0.39 is 0 Å². The van der Waals surface area contributed by atoms with Gasteiger partial charge in [0.2, 0.25) is 0 Å². The number of primary amides is 1. The molecule has 0 aliphatic rings. The fourth-order valence-corrected chi connectivity index (χ4v) is 1.67. The Bertz CT molecular complexity index is 541. The van der Waals surface area contributed by atoms with Gasteiger partial charge in [0.25, 0.3) is 0 Å². The summed E-state index contributed by atoms with van der Waals surface area (Å²) in [5, 5.41) is 1.68. The van der Waals surface area contributed by atoms with Crippen molar-refractivity contribution in [3.05, 3.63) is 59.4 Å². The summed E-state index contributed by atoms with van der Waals surface area (Å²) >= 11 is 0. The maximum atomic E-state index is 12.0. The van der Waals surface area contributed by atoms with Crippen LogP contribution in [-0.4, -0.2) is 10.9 Å². The smallest absolute Gasteiger partial charge is 0.347 e. The van der Waals surface area contributed by atoms with Crippen LogP contribution in [0.25, 0.3) is 0 Å². The van der Waals surface area contributed by atoms with E-state index >= 15 is 0 Å². The van der Waals surface area contributed by atoms with Crippen LogP contribution >= 0.6 is 0 Å². The summed E-state index contributed by atoms with van der Waals surface area (Å²) in [5.41, 5.74) is 3.99. The van der Waals surface area contributed by atoms with Gasteiger partial charge in [-0.05, 0) is 37.6 Å². The molecule has 0 bridgehead atoms. The van der Waals surface area contributed by atoms with E-state index in [4.69, 9.17) is 0 Å². The van der Waals surface area contributed by atoms with Crippen molar-refractivity contribution in [2.45, 2.75) is 13.8 Å². The van der Waals surface area contributed by atoms with Gasteiger partial charge >= 0.3 is 5.91 Å². The summed E-state index contributed by atoms with van der Waals surface area (Å²) in [7, 11) is 0. The van der Waals surface area contributed by atoms with Gasteiger partial charge in [0.1, 0.15) is 5.69 Å². The minimum absolute atomic E-state index is 0. The number of hydrogen-bond donors (Lipinski definition) is 1. The van der Waals surface area contributed by atoms with Crippen LogP contribution in [0.4, 0.5) is 5.69 Å². The van der Waals surface area contributed by atoms with Gasteiger partial charge in [-0.1, -0.05) is 12.1 Å². The second kappa shape index (κ2) is 6.28. The van der Waals surface area contributed by atoms with Crippen LogP contribution in [-0.2, 0) is 0 Å². The lowest BCUT2D eigenvalue weighted by molar-refractivity contribution is -0.464. The van der Waals surface area contributed by atoms with Crippen LogP contribution in [0.5, 0.6) is 0 Å². The number of quaternary nitrogens is 1. The third kappa shape index (κ3) is 3.15. The number of amides is 1. The molecule has 4 heteroatoms. The Kier molecular flexibility index (Phi) is 5.01. The lowest BCUT2D eigenvalue weighted by atomic mass is 10.1. The summed E-state index contributed by atoms with van der Waals surface area (Å²) in [5.74, 6) is 0.0149. The lowest BCUT2D eigenvalue weighted by Crippen LogP contribution is -3.00. The molecule has 0 aliphatic carbocycles. The molecular weight excluding hydrogens is 248 g/mol. The number of pyridine rings is 1. The van der Waals surface area contributed by atoms with Gasteiger partial charge in [-0.3, -0.25) is 4.98 Å². The minimum atomic E-state index is 0. The quantitative estimate of drug-likeness (QED) is 0.687. The lowest BCUT2D eigenvalue weighted by Gasteiger charge is -2.04. The monoisotopic (exact) mass is 262 g/mol. The number of hydrogen-bond acceptors (Lipinski definition) is 2. The standard InChI is InChI=1S/C14H14N2O.ClH/c1-10-4-3-5-13(11(10)2)16-14(17)12-6-8-15-9-7-12;/h3-9H,1-2H3,(H,16,17);1H. The van der Waals surface area contributed by atoms with Crippen molar-refractivity contribution in [1.29, 1.82) is 0 Å². The fraction of sp³-hybridized carbons (Fsp3) is 0.143. The predicted molar refractivity (Wildman–Crippen MR) is 66.1 cm³/mol. The third-order valence-corrected chi connectivity index (χ3v) is 2.90. The number of carbonyl (C=O) groups excluding carboxylic acids is 1. The van der Waals surface area contributed by atoms with Gasteiger partial charge < -0.3 is 12.4 Å².